The highest BCUT2D eigenvalue weighted by Crippen LogP contribution is 2.33. The van der Waals surface area contributed by atoms with Crippen molar-refractivity contribution in [2.75, 3.05) is 11.1 Å². The predicted octanol–water partition coefficient (Wildman–Crippen LogP) is 5.79. The summed E-state index contributed by atoms with van der Waals surface area (Å²) in [5.74, 6) is 1.67. The van der Waals surface area contributed by atoms with E-state index in [1.807, 2.05) is 78.2 Å². The molecule has 1 aliphatic rings. The Bertz CT molecular complexity index is 1940. The Morgan fingerprint density at radius 2 is 1.80 bits per heavy atom. The number of hydrogen-bond donors (Lipinski definition) is 3. The van der Waals surface area contributed by atoms with E-state index in [4.69, 9.17) is 20.7 Å². The van der Waals surface area contributed by atoms with Crippen LogP contribution in [0.2, 0.25) is 0 Å². The quantitative estimate of drug-likeness (QED) is 0.223. The van der Waals surface area contributed by atoms with Gasteiger partial charge in [-0.2, -0.15) is 4.37 Å². The van der Waals surface area contributed by atoms with E-state index < -0.39 is 0 Å². The molecule has 4 N–H and O–H groups in total. The molecule has 7 rings (SSSR count). The van der Waals surface area contributed by atoms with Crippen LogP contribution in [0.25, 0.3) is 39.5 Å². The van der Waals surface area contributed by atoms with Crippen LogP contribution < -0.4 is 15.9 Å². The van der Waals surface area contributed by atoms with Crippen LogP contribution in [-0.4, -0.2) is 39.8 Å². The third-order valence-corrected chi connectivity index (χ3v) is 8.04. The number of anilines is 2. The van der Waals surface area contributed by atoms with Crippen LogP contribution in [0.5, 0.6) is 0 Å². The summed E-state index contributed by atoms with van der Waals surface area (Å²) >= 11 is 0.917. The lowest BCUT2D eigenvalue weighted by molar-refractivity contribution is -0.120. The number of imidazole rings is 1. The molecule has 222 valence electrons. The van der Waals surface area contributed by atoms with Crippen molar-refractivity contribution in [3.05, 3.63) is 94.6 Å². The molecule has 0 radical (unpaired) electrons. The Kier molecular flexibility index (Phi) is 8.50. The normalized spacial score (nSPS) is 13.3. The van der Waals surface area contributed by atoms with Crippen LogP contribution >= 0.6 is 11.5 Å². The van der Waals surface area contributed by atoms with Crippen LogP contribution in [0.4, 0.5) is 11.6 Å². The monoisotopic (exact) mass is 605 g/mol. The van der Waals surface area contributed by atoms with Gasteiger partial charge in [0.25, 0.3) is 0 Å². The highest BCUT2D eigenvalue weighted by Gasteiger charge is 2.23. The summed E-state index contributed by atoms with van der Waals surface area (Å²) in [5, 5.41) is 3.03. The summed E-state index contributed by atoms with van der Waals surface area (Å²) in [5.41, 5.74) is 11.8. The first-order valence-electron chi connectivity index (χ1n) is 14.4. The predicted molar refractivity (Wildman–Crippen MR) is 172 cm³/mol. The number of benzene rings is 1. The molecule has 12 heteroatoms. The molecule has 44 heavy (non-hydrogen) atoms. The zero-order valence-corrected chi connectivity index (χ0v) is 24.9. The second-order valence-electron chi connectivity index (χ2n) is 10.5. The summed E-state index contributed by atoms with van der Waals surface area (Å²) in [7, 11) is 0. The average molecular weight is 606 g/mol. The molecule has 1 aromatic carbocycles. The molecule has 0 bridgehead atoms. The Labute approximate surface area is 257 Å². The van der Waals surface area contributed by atoms with Crippen molar-refractivity contribution in [1.82, 2.24) is 33.9 Å². The van der Waals surface area contributed by atoms with Crippen LogP contribution in [0.3, 0.4) is 0 Å². The topological polar surface area (TPSA) is 157 Å². The standard InChI is InChI=1S/C30H29N7O.C2H2N2OS/c1-19-25(16-17-26(33-19)36-30(38)21-11-6-3-7-12-21)37-28(22-13-8-18-32-27(22)31)35-24-15-14-23(34-29(24)37)20-9-4-2-5-10-20;5-2-3-1-4-6-2/h2,4-5,8-10,13-18,21H,3,6-7,11-12H2,1H3,(H2,31,32)(H,33,36,38);1H,(H,3,4,5). The molecule has 5 heterocycles. The highest BCUT2D eigenvalue weighted by molar-refractivity contribution is 7.02. The summed E-state index contributed by atoms with van der Waals surface area (Å²) in [6.45, 7) is 1.93. The van der Waals surface area contributed by atoms with Crippen LogP contribution in [-0.2, 0) is 4.79 Å². The van der Waals surface area contributed by atoms with Gasteiger partial charge in [-0.15, -0.1) is 0 Å². The van der Waals surface area contributed by atoms with Gasteiger partial charge in [-0.05, 0) is 56.2 Å². The first-order chi connectivity index (χ1) is 21.5. The van der Waals surface area contributed by atoms with Gasteiger partial charge < -0.3 is 16.0 Å². The molecule has 1 amide bonds. The summed E-state index contributed by atoms with van der Waals surface area (Å²) in [4.78, 5) is 44.0. The average Bonchev–Trinajstić information content (AvgIpc) is 3.69. The Balaban J connectivity index is 0.000000513. The van der Waals surface area contributed by atoms with Crippen LogP contribution in [0.1, 0.15) is 37.8 Å². The minimum absolute atomic E-state index is 0.0513. The van der Waals surface area contributed by atoms with Gasteiger partial charge in [0.2, 0.25) is 5.91 Å². The van der Waals surface area contributed by atoms with E-state index in [0.29, 0.717) is 28.7 Å². The number of carbonyl (C=O) groups is 1. The molecule has 0 atom stereocenters. The molecule has 1 fully saturated rings. The fourth-order valence-corrected chi connectivity index (χ4v) is 5.68. The number of amides is 1. The summed E-state index contributed by atoms with van der Waals surface area (Å²) < 4.78 is 5.47. The maximum absolute atomic E-state index is 12.8. The number of nitrogens with zero attached hydrogens (tertiary/aromatic N) is 6. The van der Waals surface area contributed by atoms with Crippen molar-refractivity contribution < 1.29 is 4.79 Å². The van der Waals surface area contributed by atoms with Crippen LogP contribution in [0.15, 0.2) is 84.0 Å². The largest absolute Gasteiger partial charge is 0.383 e. The second kappa shape index (κ2) is 13.0. The number of nitrogens with two attached hydrogens (primary N) is 1. The molecule has 0 unspecified atom stereocenters. The van der Waals surface area contributed by atoms with Crippen molar-refractivity contribution >= 4 is 40.2 Å². The maximum atomic E-state index is 12.8. The zero-order chi connectivity index (χ0) is 30.5. The van der Waals surface area contributed by atoms with Gasteiger partial charge in [0.05, 0.1) is 22.6 Å². The molecule has 0 aliphatic heterocycles. The van der Waals surface area contributed by atoms with Crippen molar-refractivity contribution in [2.45, 2.75) is 39.0 Å². The van der Waals surface area contributed by atoms with Gasteiger partial charge >= 0.3 is 4.87 Å². The molecule has 0 saturated heterocycles. The first-order valence-corrected chi connectivity index (χ1v) is 15.2. The lowest BCUT2D eigenvalue weighted by atomic mass is 9.89. The number of carbonyl (C=O) groups excluding carboxylic acids is 1. The third kappa shape index (κ3) is 6.25. The lowest BCUT2D eigenvalue weighted by Crippen LogP contribution is -2.25. The molecule has 5 aromatic heterocycles. The second-order valence-corrected chi connectivity index (χ2v) is 11.3. The summed E-state index contributed by atoms with van der Waals surface area (Å²) in [6, 6.07) is 21.5. The van der Waals surface area contributed by atoms with Gasteiger partial charge in [-0.1, -0.05) is 49.6 Å². The van der Waals surface area contributed by atoms with Gasteiger partial charge in [0.15, 0.2) is 11.5 Å². The number of aryl methyl sites for hydroxylation is 1. The van der Waals surface area contributed by atoms with Gasteiger partial charge in [-0.25, -0.2) is 19.9 Å². The maximum Gasteiger partial charge on any atom is 0.323 e. The number of nitrogen functional groups attached to an aromatic ring is 1. The van der Waals surface area contributed by atoms with E-state index in [9.17, 15) is 9.59 Å². The van der Waals surface area contributed by atoms with E-state index >= 15 is 0 Å². The van der Waals surface area contributed by atoms with E-state index in [1.165, 1.54) is 12.7 Å². The molecular formula is C32H31N9O2S. The molecule has 0 spiro atoms. The Hall–Kier alpha value is -5.23. The lowest BCUT2D eigenvalue weighted by Gasteiger charge is -2.20. The van der Waals surface area contributed by atoms with Crippen molar-refractivity contribution in [3.8, 4) is 28.3 Å². The number of aromatic nitrogens is 7. The molecule has 11 nitrogen and oxygen atoms in total. The third-order valence-electron chi connectivity index (χ3n) is 7.55. The molecule has 6 aromatic rings. The van der Waals surface area contributed by atoms with E-state index in [-0.39, 0.29) is 16.7 Å². The number of fused-ring (bicyclic) bond motifs is 1. The molecule has 1 aliphatic carbocycles. The van der Waals surface area contributed by atoms with Crippen molar-refractivity contribution in [3.63, 3.8) is 0 Å². The van der Waals surface area contributed by atoms with Gasteiger partial charge in [0.1, 0.15) is 23.5 Å². The smallest absolute Gasteiger partial charge is 0.323 e. The first kappa shape index (κ1) is 28.9. The number of H-pyrrole nitrogens is 1. The number of rotatable bonds is 5. The van der Waals surface area contributed by atoms with Gasteiger partial charge in [-0.3, -0.25) is 14.2 Å². The zero-order valence-electron chi connectivity index (χ0n) is 24.1. The number of nitrogens with one attached hydrogen (secondary N) is 2. The minimum atomic E-state index is -0.102. The minimum Gasteiger partial charge on any atom is -0.383 e. The van der Waals surface area contributed by atoms with E-state index in [0.717, 1.165) is 65.4 Å². The van der Waals surface area contributed by atoms with Gasteiger partial charge in [0, 0.05) is 29.2 Å². The van der Waals surface area contributed by atoms with E-state index in [1.54, 1.807) is 6.20 Å². The molecular weight excluding hydrogens is 574 g/mol. The fraction of sp³-hybridized carbons (Fsp3) is 0.219. The Morgan fingerprint density at radius 1 is 0.977 bits per heavy atom. The summed E-state index contributed by atoms with van der Waals surface area (Å²) in [6.07, 6.45) is 8.33. The number of aromatic amines is 1. The highest BCUT2D eigenvalue weighted by atomic mass is 32.1. The van der Waals surface area contributed by atoms with Crippen molar-refractivity contribution in [1.29, 1.82) is 0 Å². The van der Waals surface area contributed by atoms with E-state index in [2.05, 4.69) is 19.7 Å². The number of hydrogen-bond acceptors (Lipinski definition) is 9. The molecule has 1 saturated carbocycles. The Morgan fingerprint density at radius 3 is 2.48 bits per heavy atom. The SMILES string of the molecule is Cc1nc(NC(=O)C2CCCCC2)ccc1-n1c(-c2cccnc2N)nc2ccc(-c3ccccc3)nc21.O=c1[nH]cns1. The van der Waals surface area contributed by atoms with Crippen LogP contribution in [0, 0.1) is 12.8 Å². The number of pyridine rings is 3. The van der Waals surface area contributed by atoms with Crippen molar-refractivity contribution in [2.24, 2.45) is 5.92 Å². The fourth-order valence-electron chi connectivity index (χ4n) is 5.37.